The summed E-state index contributed by atoms with van der Waals surface area (Å²) in [6.45, 7) is 5.04. The van der Waals surface area contributed by atoms with E-state index < -0.39 is 0 Å². The molecular formula is C16H16N2S. The molecule has 0 radical (unpaired) electrons. The van der Waals surface area contributed by atoms with Crippen LogP contribution in [-0.4, -0.2) is 4.98 Å². The van der Waals surface area contributed by atoms with Gasteiger partial charge in [-0.25, -0.2) is 0 Å². The van der Waals surface area contributed by atoms with Crippen molar-refractivity contribution in [3.8, 4) is 0 Å². The number of rotatable bonds is 3. The summed E-state index contributed by atoms with van der Waals surface area (Å²) < 4.78 is 0. The van der Waals surface area contributed by atoms with Crippen molar-refractivity contribution in [1.29, 1.82) is 0 Å². The smallest absolute Gasteiger partial charge is 0.0725 e. The maximum Gasteiger partial charge on any atom is 0.0725 e. The average molecular weight is 268 g/mol. The average Bonchev–Trinajstić information content (AvgIpc) is 2.81. The van der Waals surface area contributed by atoms with Crippen LogP contribution >= 0.6 is 11.3 Å². The minimum Gasteiger partial charge on any atom is -0.380 e. The predicted molar refractivity (Wildman–Crippen MR) is 82.9 cm³/mol. The van der Waals surface area contributed by atoms with Crippen LogP contribution in [0.3, 0.4) is 0 Å². The van der Waals surface area contributed by atoms with Gasteiger partial charge in [-0.05, 0) is 38.1 Å². The van der Waals surface area contributed by atoms with Crippen LogP contribution in [0.4, 0.5) is 5.69 Å². The second-order valence-electron chi connectivity index (χ2n) is 4.69. The molecule has 96 valence electrons. The lowest BCUT2D eigenvalue weighted by molar-refractivity contribution is 1.18. The Labute approximate surface area is 117 Å². The van der Waals surface area contributed by atoms with Crippen LogP contribution in [0.25, 0.3) is 10.9 Å². The number of aromatic nitrogens is 1. The van der Waals surface area contributed by atoms with Crippen molar-refractivity contribution in [2.45, 2.75) is 20.4 Å². The molecule has 0 saturated carbocycles. The van der Waals surface area contributed by atoms with Gasteiger partial charge in [-0.2, -0.15) is 0 Å². The van der Waals surface area contributed by atoms with E-state index in [4.69, 9.17) is 0 Å². The Morgan fingerprint density at radius 3 is 2.74 bits per heavy atom. The van der Waals surface area contributed by atoms with Gasteiger partial charge in [0.2, 0.25) is 0 Å². The first-order valence-corrected chi connectivity index (χ1v) is 7.19. The third-order valence-electron chi connectivity index (χ3n) is 3.09. The van der Waals surface area contributed by atoms with Gasteiger partial charge in [0.05, 0.1) is 5.52 Å². The zero-order chi connectivity index (χ0) is 13.2. The molecule has 0 spiro atoms. The van der Waals surface area contributed by atoms with Gasteiger partial charge < -0.3 is 5.32 Å². The molecule has 3 rings (SSSR count). The summed E-state index contributed by atoms with van der Waals surface area (Å²) in [5.41, 5.74) is 3.25. The maximum absolute atomic E-state index is 4.56. The van der Waals surface area contributed by atoms with Gasteiger partial charge in [-0.3, -0.25) is 4.98 Å². The molecule has 0 unspecified atom stereocenters. The normalized spacial score (nSPS) is 10.8. The Kier molecular flexibility index (Phi) is 3.22. The van der Waals surface area contributed by atoms with Crippen molar-refractivity contribution in [2.75, 3.05) is 5.32 Å². The number of pyridine rings is 1. The van der Waals surface area contributed by atoms with Gasteiger partial charge in [0, 0.05) is 33.1 Å². The molecule has 0 atom stereocenters. The predicted octanol–water partition coefficient (Wildman–Crippen LogP) is 4.53. The van der Waals surface area contributed by atoms with Crippen molar-refractivity contribution in [2.24, 2.45) is 0 Å². The first-order valence-electron chi connectivity index (χ1n) is 6.38. The van der Waals surface area contributed by atoms with Gasteiger partial charge in [-0.1, -0.05) is 18.2 Å². The molecular weight excluding hydrogens is 252 g/mol. The highest BCUT2D eigenvalue weighted by Gasteiger charge is 2.04. The molecule has 2 nitrogen and oxygen atoms in total. The molecule has 3 aromatic rings. The van der Waals surface area contributed by atoms with Crippen LogP contribution in [0.1, 0.15) is 15.4 Å². The van der Waals surface area contributed by atoms with Crippen molar-refractivity contribution >= 4 is 27.9 Å². The highest BCUT2D eigenvalue weighted by Crippen LogP contribution is 2.24. The van der Waals surface area contributed by atoms with E-state index in [1.54, 1.807) is 0 Å². The zero-order valence-corrected chi connectivity index (χ0v) is 11.9. The number of para-hydroxylation sites is 1. The number of fused-ring (bicyclic) bond motifs is 1. The number of aryl methyl sites for hydroxylation is 2. The van der Waals surface area contributed by atoms with E-state index in [-0.39, 0.29) is 0 Å². The fourth-order valence-corrected chi connectivity index (χ4v) is 3.05. The Balaban J connectivity index is 1.91. The number of benzene rings is 1. The van der Waals surface area contributed by atoms with Gasteiger partial charge >= 0.3 is 0 Å². The zero-order valence-electron chi connectivity index (χ0n) is 11.1. The standard InChI is InChI=1S/C16H16N2S/c1-11-9-16(14-5-3-4-6-15(14)18-11)17-10-13-8-7-12(2)19-13/h3-9H,10H2,1-2H3,(H,17,18). The number of nitrogens with zero attached hydrogens (tertiary/aromatic N) is 1. The van der Waals surface area contributed by atoms with Gasteiger partial charge in [0.25, 0.3) is 0 Å². The topological polar surface area (TPSA) is 24.9 Å². The number of nitrogens with one attached hydrogen (secondary N) is 1. The van der Waals surface area contributed by atoms with E-state index in [0.717, 1.165) is 23.4 Å². The monoisotopic (exact) mass is 268 g/mol. The molecule has 0 amide bonds. The number of thiophene rings is 1. The molecule has 1 N–H and O–H groups in total. The SMILES string of the molecule is Cc1cc(NCc2ccc(C)s2)c2ccccc2n1. The molecule has 0 aliphatic rings. The van der Waals surface area contributed by atoms with Crippen LogP contribution in [0.15, 0.2) is 42.5 Å². The van der Waals surface area contributed by atoms with Crippen LogP contribution in [0, 0.1) is 13.8 Å². The highest BCUT2D eigenvalue weighted by atomic mass is 32.1. The molecule has 2 heterocycles. The minimum absolute atomic E-state index is 0.867. The van der Waals surface area contributed by atoms with Crippen molar-refractivity contribution in [3.63, 3.8) is 0 Å². The van der Waals surface area contributed by atoms with Crippen molar-refractivity contribution < 1.29 is 0 Å². The summed E-state index contributed by atoms with van der Waals surface area (Å²) >= 11 is 1.84. The van der Waals surface area contributed by atoms with Crippen LogP contribution in [-0.2, 0) is 6.54 Å². The fraction of sp³-hybridized carbons (Fsp3) is 0.188. The van der Waals surface area contributed by atoms with E-state index in [1.165, 1.54) is 15.1 Å². The summed E-state index contributed by atoms with van der Waals surface area (Å²) in [5.74, 6) is 0. The van der Waals surface area contributed by atoms with Crippen LogP contribution < -0.4 is 5.32 Å². The number of hydrogen-bond acceptors (Lipinski definition) is 3. The Morgan fingerprint density at radius 2 is 1.95 bits per heavy atom. The highest BCUT2D eigenvalue weighted by molar-refractivity contribution is 7.11. The summed E-state index contributed by atoms with van der Waals surface area (Å²) in [4.78, 5) is 7.27. The Hall–Kier alpha value is -1.87. The summed E-state index contributed by atoms with van der Waals surface area (Å²) in [6, 6.07) is 14.7. The lowest BCUT2D eigenvalue weighted by Gasteiger charge is -2.09. The molecule has 19 heavy (non-hydrogen) atoms. The van der Waals surface area contributed by atoms with Gasteiger partial charge in [-0.15, -0.1) is 11.3 Å². The second-order valence-corrected chi connectivity index (χ2v) is 6.07. The van der Waals surface area contributed by atoms with Gasteiger partial charge in [0.15, 0.2) is 0 Å². The first-order chi connectivity index (χ1) is 9.22. The molecule has 0 fully saturated rings. The maximum atomic E-state index is 4.56. The molecule has 2 aromatic heterocycles. The lowest BCUT2D eigenvalue weighted by Crippen LogP contribution is -1.99. The number of anilines is 1. The van der Waals surface area contributed by atoms with E-state index in [0.29, 0.717) is 0 Å². The van der Waals surface area contributed by atoms with E-state index >= 15 is 0 Å². The second kappa shape index (κ2) is 5.02. The number of hydrogen-bond donors (Lipinski definition) is 1. The minimum atomic E-state index is 0.867. The summed E-state index contributed by atoms with van der Waals surface area (Å²) in [7, 11) is 0. The molecule has 0 aliphatic carbocycles. The lowest BCUT2D eigenvalue weighted by atomic mass is 10.1. The van der Waals surface area contributed by atoms with E-state index in [9.17, 15) is 0 Å². The van der Waals surface area contributed by atoms with E-state index in [1.807, 2.05) is 24.3 Å². The molecule has 0 bridgehead atoms. The molecule has 0 aliphatic heterocycles. The molecule has 1 aromatic carbocycles. The van der Waals surface area contributed by atoms with Crippen molar-refractivity contribution in [3.05, 3.63) is 57.9 Å². The third kappa shape index (κ3) is 2.61. The van der Waals surface area contributed by atoms with Crippen molar-refractivity contribution in [1.82, 2.24) is 4.98 Å². The largest absolute Gasteiger partial charge is 0.380 e. The van der Waals surface area contributed by atoms with E-state index in [2.05, 4.69) is 53.6 Å². The third-order valence-corrected chi connectivity index (χ3v) is 4.09. The van der Waals surface area contributed by atoms with Crippen LogP contribution in [0.5, 0.6) is 0 Å². The first kappa shape index (κ1) is 12.2. The summed E-state index contributed by atoms with van der Waals surface area (Å²) in [6.07, 6.45) is 0. The fourth-order valence-electron chi connectivity index (χ4n) is 2.22. The Morgan fingerprint density at radius 1 is 1.11 bits per heavy atom. The molecule has 0 saturated heterocycles. The Bertz CT molecular complexity index is 716. The molecule has 3 heteroatoms. The van der Waals surface area contributed by atoms with Gasteiger partial charge in [0.1, 0.15) is 0 Å². The summed E-state index contributed by atoms with van der Waals surface area (Å²) in [5, 5.41) is 4.71. The van der Waals surface area contributed by atoms with Crippen LogP contribution in [0.2, 0.25) is 0 Å². The quantitative estimate of drug-likeness (QED) is 0.755.